The minimum Gasteiger partial charge on any atom is -0.446 e. The van der Waals surface area contributed by atoms with E-state index in [9.17, 15) is 13.2 Å². The highest BCUT2D eigenvalue weighted by Gasteiger charge is 2.42. The smallest absolute Gasteiger partial charge is 0.424 e. The van der Waals surface area contributed by atoms with E-state index in [4.69, 9.17) is 14.2 Å². The number of carbonyl (C=O) groups excluding carboxylic acids is 1. The zero-order chi connectivity index (χ0) is 19.2. The van der Waals surface area contributed by atoms with E-state index in [-0.39, 0.29) is 17.8 Å². The van der Waals surface area contributed by atoms with Crippen molar-refractivity contribution in [3.8, 4) is 0 Å². The van der Waals surface area contributed by atoms with E-state index < -0.39 is 22.2 Å². The number of rotatable bonds is 10. The van der Waals surface area contributed by atoms with Gasteiger partial charge in [-0.15, -0.1) is 0 Å². The van der Waals surface area contributed by atoms with E-state index in [0.29, 0.717) is 32.5 Å². The standard InChI is InChI=1S/C18H27NO6S/c1-4-23-17(24-5-2)8-6-7-15-13-25-18(20)19(15)26(21,22)16-11-9-14(3)10-12-16/h9-12,15,17H,4-8,13H2,1-3H3. The number of benzene rings is 1. The molecule has 146 valence electrons. The fraction of sp³-hybridized carbons (Fsp3) is 0.611. The number of aryl methyl sites for hydroxylation is 1. The normalized spacial score (nSPS) is 17.8. The molecule has 1 aromatic carbocycles. The molecule has 1 aliphatic heterocycles. The molecule has 0 radical (unpaired) electrons. The van der Waals surface area contributed by atoms with E-state index in [1.165, 1.54) is 12.1 Å². The highest BCUT2D eigenvalue weighted by molar-refractivity contribution is 7.89. The highest BCUT2D eigenvalue weighted by atomic mass is 32.2. The van der Waals surface area contributed by atoms with Crippen LogP contribution in [0.1, 0.15) is 38.7 Å². The molecular weight excluding hydrogens is 358 g/mol. The molecule has 0 bridgehead atoms. The van der Waals surface area contributed by atoms with Crippen LogP contribution < -0.4 is 0 Å². The summed E-state index contributed by atoms with van der Waals surface area (Å²) in [7, 11) is -3.93. The van der Waals surface area contributed by atoms with Gasteiger partial charge in [-0.2, -0.15) is 4.31 Å². The van der Waals surface area contributed by atoms with Crippen LogP contribution in [0, 0.1) is 6.92 Å². The first-order valence-electron chi connectivity index (χ1n) is 8.91. The van der Waals surface area contributed by atoms with Crippen molar-refractivity contribution in [3.63, 3.8) is 0 Å². The first-order chi connectivity index (χ1) is 12.4. The molecule has 26 heavy (non-hydrogen) atoms. The van der Waals surface area contributed by atoms with Gasteiger partial charge in [0, 0.05) is 13.2 Å². The number of cyclic esters (lactones) is 1. The zero-order valence-electron chi connectivity index (χ0n) is 15.5. The second-order valence-corrected chi connectivity index (χ2v) is 7.93. The van der Waals surface area contributed by atoms with Gasteiger partial charge < -0.3 is 14.2 Å². The molecular formula is C18H27NO6S. The van der Waals surface area contributed by atoms with E-state index in [1.54, 1.807) is 12.1 Å². The van der Waals surface area contributed by atoms with Gasteiger partial charge in [-0.1, -0.05) is 17.7 Å². The molecule has 0 saturated carbocycles. The molecule has 0 spiro atoms. The first kappa shape index (κ1) is 20.7. The van der Waals surface area contributed by atoms with Crippen molar-refractivity contribution in [2.45, 2.75) is 57.3 Å². The average Bonchev–Trinajstić information content (AvgIpc) is 2.97. The lowest BCUT2D eigenvalue weighted by molar-refractivity contribution is -0.140. The van der Waals surface area contributed by atoms with Crippen molar-refractivity contribution in [2.75, 3.05) is 19.8 Å². The number of hydrogen-bond acceptors (Lipinski definition) is 6. The van der Waals surface area contributed by atoms with Gasteiger partial charge >= 0.3 is 6.09 Å². The summed E-state index contributed by atoms with van der Waals surface area (Å²) in [4.78, 5) is 12.1. The Morgan fingerprint density at radius 2 is 1.81 bits per heavy atom. The molecule has 1 fully saturated rings. The van der Waals surface area contributed by atoms with Crippen LogP contribution in [-0.2, 0) is 24.2 Å². The molecule has 8 heteroatoms. The number of hydrogen-bond donors (Lipinski definition) is 0. The van der Waals surface area contributed by atoms with Gasteiger partial charge in [0.05, 0.1) is 10.9 Å². The number of amides is 1. The van der Waals surface area contributed by atoms with Crippen molar-refractivity contribution in [1.82, 2.24) is 4.31 Å². The van der Waals surface area contributed by atoms with Crippen molar-refractivity contribution < 1.29 is 27.4 Å². The first-order valence-corrected chi connectivity index (χ1v) is 10.3. The van der Waals surface area contributed by atoms with Crippen LogP contribution in [0.25, 0.3) is 0 Å². The predicted molar refractivity (Wildman–Crippen MR) is 96.2 cm³/mol. The zero-order valence-corrected chi connectivity index (χ0v) is 16.3. The van der Waals surface area contributed by atoms with Crippen molar-refractivity contribution in [2.24, 2.45) is 0 Å². The lowest BCUT2D eigenvalue weighted by atomic mass is 10.1. The predicted octanol–water partition coefficient (Wildman–Crippen LogP) is 3.07. The molecule has 1 unspecified atom stereocenters. The quantitative estimate of drug-likeness (QED) is 0.576. The molecule has 1 aromatic rings. The minimum absolute atomic E-state index is 0.0673. The highest BCUT2D eigenvalue weighted by Crippen LogP contribution is 2.27. The van der Waals surface area contributed by atoms with Crippen molar-refractivity contribution >= 4 is 16.1 Å². The third-order valence-corrected chi connectivity index (χ3v) is 6.00. The van der Waals surface area contributed by atoms with Crippen molar-refractivity contribution in [3.05, 3.63) is 29.8 Å². The Hall–Kier alpha value is -1.64. The summed E-state index contributed by atoms with van der Waals surface area (Å²) in [6.45, 7) is 6.82. The Balaban J connectivity index is 2.04. The molecule has 1 aliphatic rings. The van der Waals surface area contributed by atoms with Crippen LogP contribution in [0.2, 0.25) is 0 Å². The second-order valence-electron chi connectivity index (χ2n) is 6.12. The Morgan fingerprint density at radius 3 is 2.38 bits per heavy atom. The molecule has 2 rings (SSSR count). The van der Waals surface area contributed by atoms with Crippen LogP contribution in [-0.4, -0.2) is 51.0 Å². The minimum atomic E-state index is -3.93. The van der Waals surface area contributed by atoms with E-state index >= 15 is 0 Å². The molecule has 1 heterocycles. The Bertz CT molecular complexity index is 682. The third-order valence-electron chi connectivity index (χ3n) is 4.17. The molecule has 0 N–H and O–H groups in total. The Kier molecular flexibility index (Phi) is 7.43. The summed E-state index contributed by atoms with van der Waals surface area (Å²) in [6.07, 6.45) is 0.649. The van der Waals surface area contributed by atoms with Crippen LogP contribution in [0.3, 0.4) is 0 Å². The molecule has 0 aromatic heterocycles. The fourth-order valence-electron chi connectivity index (χ4n) is 2.87. The molecule has 1 saturated heterocycles. The van der Waals surface area contributed by atoms with E-state index in [2.05, 4.69) is 0 Å². The number of nitrogens with zero attached hydrogens (tertiary/aromatic N) is 1. The average molecular weight is 385 g/mol. The van der Waals surface area contributed by atoms with E-state index in [0.717, 1.165) is 9.87 Å². The summed E-state index contributed by atoms with van der Waals surface area (Å²) >= 11 is 0. The SMILES string of the molecule is CCOC(CCCC1COC(=O)N1S(=O)(=O)c1ccc(C)cc1)OCC. The van der Waals surface area contributed by atoms with Gasteiger partial charge in [-0.05, 0) is 52.2 Å². The Morgan fingerprint density at radius 1 is 1.19 bits per heavy atom. The second kappa shape index (κ2) is 9.34. The molecule has 1 amide bonds. The van der Waals surface area contributed by atoms with Gasteiger partial charge in [0.25, 0.3) is 10.0 Å². The largest absolute Gasteiger partial charge is 0.446 e. The summed E-state index contributed by atoms with van der Waals surface area (Å²) in [5.41, 5.74) is 0.947. The maximum Gasteiger partial charge on any atom is 0.424 e. The molecule has 1 atom stereocenters. The summed E-state index contributed by atoms with van der Waals surface area (Å²) < 4.78 is 42.5. The summed E-state index contributed by atoms with van der Waals surface area (Å²) in [5.74, 6) is 0. The van der Waals surface area contributed by atoms with Gasteiger partial charge in [-0.25, -0.2) is 13.2 Å². The maximum absolute atomic E-state index is 12.8. The maximum atomic E-state index is 12.8. The number of ether oxygens (including phenoxy) is 3. The van der Waals surface area contributed by atoms with E-state index in [1.807, 2.05) is 20.8 Å². The van der Waals surface area contributed by atoms with Gasteiger partial charge in [0.1, 0.15) is 6.61 Å². The van der Waals surface area contributed by atoms with Crippen LogP contribution in [0.15, 0.2) is 29.2 Å². The lowest BCUT2D eigenvalue weighted by Crippen LogP contribution is -2.39. The third kappa shape index (κ3) is 4.96. The van der Waals surface area contributed by atoms with Crippen molar-refractivity contribution in [1.29, 1.82) is 0 Å². The van der Waals surface area contributed by atoms with Gasteiger partial charge in [0.15, 0.2) is 6.29 Å². The van der Waals surface area contributed by atoms with Gasteiger partial charge in [-0.3, -0.25) is 0 Å². The Labute approximate surface area is 155 Å². The topological polar surface area (TPSA) is 82.1 Å². The van der Waals surface area contributed by atoms with Gasteiger partial charge in [0.2, 0.25) is 0 Å². The molecule has 7 nitrogen and oxygen atoms in total. The van der Waals surface area contributed by atoms with Crippen LogP contribution in [0.5, 0.6) is 0 Å². The fourth-order valence-corrected chi connectivity index (χ4v) is 4.39. The van der Waals surface area contributed by atoms with Crippen LogP contribution >= 0.6 is 0 Å². The molecule has 0 aliphatic carbocycles. The number of carbonyl (C=O) groups is 1. The summed E-state index contributed by atoms with van der Waals surface area (Å²) in [5, 5.41) is 0. The number of sulfonamides is 1. The van der Waals surface area contributed by atoms with Crippen LogP contribution in [0.4, 0.5) is 4.79 Å². The monoisotopic (exact) mass is 385 g/mol. The summed E-state index contributed by atoms with van der Waals surface area (Å²) in [6, 6.07) is 5.91. The lowest BCUT2D eigenvalue weighted by Gasteiger charge is -2.22.